The number of likely N-dealkylation sites (N-methyl/N-ethyl adjacent to an activating group) is 1. The largest absolute Gasteiger partial charge is 0.508 e. The fraction of sp³-hybridized carbons (Fsp3) is 0.704. The van der Waals surface area contributed by atoms with Gasteiger partial charge < -0.3 is 27.0 Å². The molecule has 0 saturated heterocycles. The normalized spacial score (nSPS) is 29.8. The van der Waals surface area contributed by atoms with Crippen molar-refractivity contribution in [3.05, 3.63) is 29.3 Å². The second-order valence-electron chi connectivity index (χ2n) is 10.9. The number of hydrogen-bond donors (Lipinski definition) is 5. The van der Waals surface area contributed by atoms with E-state index in [2.05, 4.69) is 29.1 Å². The Bertz CT molecular complexity index is 945. The van der Waals surface area contributed by atoms with Gasteiger partial charge in [-0.15, -0.1) is 0 Å². The van der Waals surface area contributed by atoms with Gasteiger partial charge in [0.25, 0.3) is 0 Å². The van der Waals surface area contributed by atoms with Gasteiger partial charge >= 0.3 is 0 Å². The molecule has 3 aliphatic carbocycles. The van der Waals surface area contributed by atoms with Crippen molar-refractivity contribution in [2.24, 2.45) is 22.4 Å². The molecule has 35 heavy (non-hydrogen) atoms. The van der Waals surface area contributed by atoms with Gasteiger partial charge in [0, 0.05) is 37.0 Å². The smallest absolute Gasteiger partial charge is 0.220 e. The lowest BCUT2D eigenvalue weighted by molar-refractivity contribution is -0.145. The lowest BCUT2D eigenvalue weighted by Crippen LogP contribution is -2.70. The van der Waals surface area contributed by atoms with Gasteiger partial charge in [-0.2, -0.15) is 0 Å². The number of carbonyl (C=O) groups excluding carboxylic acids is 1. The van der Waals surface area contributed by atoms with Gasteiger partial charge in [-0.1, -0.05) is 19.9 Å². The van der Waals surface area contributed by atoms with Crippen LogP contribution in [0.5, 0.6) is 5.75 Å². The average Bonchev–Trinajstić information content (AvgIpc) is 3.65. The molecule has 7 N–H and O–H groups in total. The van der Waals surface area contributed by atoms with Crippen LogP contribution in [0.2, 0.25) is 0 Å². The third-order valence-corrected chi connectivity index (χ3v) is 8.73. The fourth-order valence-corrected chi connectivity index (χ4v) is 6.78. The van der Waals surface area contributed by atoms with Crippen molar-refractivity contribution in [2.45, 2.75) is 94.7 Å². The van der Waals surface area contributed by atoms with E-state index in [0.29, 0.717) is 32.2 Å². The van der Waals surface area contributed by atoms with E-state index >= 15 is 0 Å². The maximum absolute atomic E-state index is 12.7. The number of nitrogens with zero attached hydrogens (tertiary/aromatic N) is 2. The topological polar surface area (TPSA) is 137 Å². The van der Waals surface area contributed by atoms with Crippen molar-refractivity contribution < 1.29 is 15.0 Å². The highest BCUT2D eigenvalue weighted by Gasteiger charge is 2.61. The molecule has 0 aromatic heterocycles. The highest BCUT2D eigenvalue weighted by molar-refractivity contribution is 5.77. The molecule has 2 fully saturated rings. The van der Waals surface area contributed by atoms with E-state index in [1.54, 1.807) is 6.07 Å². The predicted octanol–water partition coefficient (Wildman–Crippen LogP) is 2.15. The summed E-state index contributed by atoms with van der Waals surface area (Å²) in [5, 5.41) is 26.2. The Balaban J connectivity index is 1.60. The zero-order valence-corrected chi connectivity index (χ0v) is 21.3. The molecule has 2 saturated carbocycles. The van der Waals surface area contributed by atoms with Crippen LogP contribution in [0.25, 0.3) is 0 Å². The number of carbonyl (C=O) groups is 1. The van der Waals surface area contributed by atoms with Gasteiger partial charge in [-0.25, -0.2) is 0 Å². The van der Waals surface area contributed by atoms with Crippen molar-refractivity contribution in [1.29, 1.82) is 0 Å². The molecular weight excluding hydrogens is 442 g/mol. The molecule has 0 radical (unpaired) electrons. The van der Waals surface area contributed by atoms with Crippen LogP contribution in [-0.2, 0) is 16.6 Å². The van der Waals surface area contributed by atoms with Crippen molar-refractivity contribution in [3.8, 4) is 5.75 Å². The maximum atomic E-state index is 12.7. The number of hydrogen-bond acceptors (Lipinski definition) is 5. The Morgan fingerprint density at radius 3 is 2.69 bits per heavy atom. The number of phenols is 1. The Morgan fingerprint density at radius 1 is 1.26 bits per heavy atom. The van der Waals surface area contributed by atoms with E-state index in [9.17, 15) is 15.0 Å². The molecule has 3 aliphatic rings. The third kappa shape index (κ3) is 5.14. The van der Waals surface area contributed by atoms with Crippen LogP contribution in [0.4, 0.5) is 0 Å². The molecule has 0 aliphatic heterocycles. The number of rotatable bonds is 10. The Morgan fingerprint density at radius 2 is 2.03 bits per heavy atom. The maximum Gasteiger partial charge on any atom is 0.220 e. The fourth-order valence-electron chi connectivity index (χ4n) is 6.78. The van der Waals surface area contributed by atoms with Crippen molar-refractivity contribution in [1.82, 2.24) is 10.2 Å². The molecule has 8 nitrogen and oxygen atoms in total. The van der Waals surface area contributed by atoms with Crippen LogP contribution in [0.1, 0.15) is 76.3 Å². The van der Waals surface area contributed by atoms with Gasteiger partial charge in [0.2, 0.25) is 5.91 Å². The van der Waals surface area contributed by atoms with Gasteiger partial charge in [0.15, 0.2) is 5.96 Å². The van der Waals surface area contributed by atoms with E-state index in [0.717, 1.165) is 43.8 Å². The molecule has 0 bridgehead atoms. The van der Waals surface area contributed by atoms with Crippen LogP contribution in [0.3, 0.4) is 0 Å². The summed E-state index contributed by atoms with van der Waals surface area (Å²) in [5.74, 6) is 1.00. The van der Waals surface area contributed by atoms with E-state index in [1.165, 1.54) is 18.4 Å². The monoisotopic (exact) mass is 485 g/mol. The second-order valence-corrected chi connectivity index (χ2v) is 10.9. The first-order chi connectivity index (χ1) is 16.7. The zero-order chi connectivity index (χ0) is 25.2. The Labute approximate surface area is 209 Å². The molecule has 0 spiro atoms. The third-order valence-electron chi connectivity index (χ3n) is 8.73. The molecule has 1 amide bonds. The number of benzene rings is 1. The number of aromatic hydroxyl groups is 1. The number of nitrogens with one attached hydrogen (secondary N) is 1. The Kier molecular flexibility index (Phi) is 7.62. The van der Waals surface area contributed by atoms with Crippen molar-refractivity contribution in [3.63, 3.8) is 0 Å². The molecular formula is C27H43N5O3. The summed E-state index contributed by atoms with van der Waals surface area (Å²) >= 11 is 0. The number of guanidine groups is 1. The Hall–Kier alpha value is -2.32. The summed E-state index contributed by atoms with van der Waals surface area (Å²) in [6.07, 6.45) is 7.07. The van der Waals surface area contributed by atoms with E-state index in [4.69, 9.17) is 11.5 Å². The number of aliphatic hydroxyl groups is 1. The average molecular weight is 486 g/mol. The van der Waals surface area contributed by atoms with Crippen LogP contribution in [0.15, 0.2) is 23.2 Å². The minimum atomic E-state index is -0.915. The van der Waals surface area contributed by atoms with Crippen LogP contribution in [0, 0.1) is 5.92 Å². The number of amides is 1. The number of nitrogens with two attached hydrogens (primary N) is 2. The number of phenolic OH excluding ortho intramolecular Hbond substituents is 1. The van der Waals surface area contributed by atoms with E-state index < -0.39 is 11.0 Å². The van der Waals surface area contributed by atoms with E-state index in [-0.39, 0.29) is 29.7 Å². The number of aliphatic imine (C=N–C) groups is 1. The molecule has 8 heteroatoms. The first-order valence-electron chi connectivity index (χ1n) is 13.4. The van der Waals surface area contributed by atoms with Crippen LogP contribution >= 0.6 is 0 Å². The zero-order valence-electron chi connectivity index (χ0n) is 21.3. The van der Waals surface area contributed by atoms with Gasteiger partial charge in [-0.3, -0.25) is 14.7 Å². The molecule has 1 aromatic carbocycles. The molecule has 1 aromatic rings. The van der Waals surface area contributed by atoms with E-state index in [1.807, 2.05) is 12.1 Å². The molecule has 0 unspecified atom stereocenters. The lowest BCUT2D eigenvalue weighted by Gasteiger charge is -2.61. The van der Waals surface area contributed by atoms with Gasteiger partial charge in [0.1, 0.15) is 5.75 Å². The highest BCUT2D eigenvalue weighted by Crippen LogP contribution is 2.56. The summed E-state index contributed by atoms with van der Waals surface area (Å²) < 4.78 is 0. The minimum Gasteiger partial charge on any atom is -0.508 e. The second kappa shape index (κ2) is 10.3. The first-order valence-corrected chi connectivity index (χ1v) is 13.4. The van der Waals surface area contributed by atoms with Gasteiger partial charge in [0.05, 0.1) is 5.60 Å². The molecule has 194 valence electrons. The highest BCUT2D eigenvalue weighted by atomic mass is 16.3. The van der Waals surface area contributed by atoms with Crippen molar-refractivity contribution >= 4 is 11.9 Å². The van der Waals surface area contributed by atoms with Crippen molar-refractivity contribution in [2.75, 3.05) is 19.6 Å². The molecule has 4 atom stereocenters. The SMILES string of the molecule is CCN(CC1CC1)[C@@H]1Cc2ccc(O)cc2[C@@]2(CC)C[C@H](NC(=O)CCCN=C(N)N)CC[C@@]12O. The lowest BCUT2D eigenvalue weighted by atomic mass is 9.50. The predicted molar refractivity (Wildman–Crippen MR) is 138 cm³/mol. The molecule has 0 heterocycles. The summed E-state index contributed by atoms with van der Waals surface area (Å²) in [6.45, 7) is 6.71. The quantitative estimate of drug-likeness (QED) is 0.196. The standard InChI is InChI=1S/C27H43N5O3/c1-3-26-16-20(31-24(34)6-5-13-30-25(28)29)11-12-27(26,35)23(32(4-2)17-18-7-8-18)14-19-9-10-21(33)15-22(19)26/h9-10,15,18,20,23,33,35H,3-8,11-14,16-17H2,1-2H3,(H,31,34)(H4,28,29,30)/t20-,23-,26-,27-/m1/s1. The first kappa shape index (κ1) is 25.8. The van der Waals surface area contributed by atoms with Gasteiger partial charge in [-0.05, 0) is 87.1 Å². The summed E-state index contributed by atoms with van der Waals surface area (Å²) in [4.78, 5) is 19.2. The van der Waals surface area contributed by atoms with Crippen LogP contribution < -0.4 is 16.8 Å². The molecule has 4 rings (SSSR count). The summed E-state index contributed by atoms with van der Waals surface area (Å²) in [6, 6.07) is 5.65. The minimum absolute atomic E-state index is 0.00936. The number of fused-ring (bicyclic) bond motifs is 3. The summed E-state index contributed by atoms with van der Waals surface area (Å²) in [5.41, 5.74) is 11.5. The van der Waals surface area contributed by atoms with Crippen LogP contribution in [-0.4, -0.2) is 64.3 Å². The summed E-state index contributed by atoms with van der Waals surface area (Å²) in [7, 11) is 0.